The van der Waals surface area contributed by atoms with Gasteiger partial charge in [-0.25, -0.2) is 4.98 Å². The number of nitrogens with zero attached hydrogens (tertiary/aromatic N) is 5. The molecule has 3 aromatic rings. The molecule has 8 nitrogen and oxygen atoms in total. The van der Waals surface area contributed by atoms with Gasteiger partial charge in [0.05, 0.1) is 28.7 Å². The Morgan fingerprint density at radius 2 is 2.04 bits per heavy atom. The van der Waals surface area contributed by atoms with Gasteiger partial charge < -0.3 is 9.30 Å². The normalized spacial score (nSPS) is 15.3. The number of fused-ring (bicyclic) bond motifs is 1. The highest BCUT2D eigenvalue weighted by Crippen LogP contribution is 2.21. The van der Waals surface area contributed by atoms with Crippen LogP contribution in [0.15, 0.2) is 34.9 Å². The fourth-order valence-corrected chi connectivity index (χ4v) is 3.79. The van der Waals surface area contributed by atoms with Gasteiger partial charge in [-0.15, -0.1) is 0 Å². The summed E-state index contributed by atoms with van der Waals surface area (Å²) in [5.74, 6) is 0.248. The molecule has 1 N–H and O–H groups in total. The van der Waals surface area contributed by atoms with Crippen LogP contribution in [0.1, 0.15) is 10.5 Å². The van der Waals surface area contributed by atoms with Crippen molar-refractivity contribution in [2.24, 2.45) is 7.05 Å². The average Bonchev–Trinajstić information content (AvgIpc) is 3.19. The van der Waals surface area contributed by atoms with E-state index in [0.29, 0.717) is 16.1 Å². The minimum absolute atomic E-state index is 0.287. The molecule has 3 heterocycles. The Morgan fingerprint density at radius 1 is 1.26 bits per heavy atom. The van der Waals surface area contributed by atoms with E-state index in [1.165, 1.54) is 0 Å². The molecular formula is C18H21BrN6O2. The van der Waals surface area contributed by atoms with E-state index in [0.717, 1.165) is 50.4 Å². The van der Waals surface area contributed by atoms with Gasteiger partial charge in [0.15, 0.2) is 5.69 Å². The van der Waals surface area contributed by atoms with E-state index in [4.69, 9.17) is 4.74 Å². The summed E-state index contributed by atoms with van der Waals surface area (Å²) >= 11 is 3.38. The maximum Gasteiger partial charge on any atom is 0.279 e. The number of imidazole rings is 1. The molecule has 0 bridgehead atoms. The van der Waals surface area contributed by atoms with Gasteiger partial charge in [-0.2, -0.15) is 5.10 Å². The Bertz CT molecular complexity index is 960. The average molecular weight is 433 g/mol. The molecule has 1 aliphatic heterocycles. The first-order chi connectivity index (χ1) is 13.1. The molecule has 2 aromatic heterocycles. The largest absolute Gasteiger partial charge is 0.379 e. The molecule has 1 amide bonds. The summed E-state index contributed by atoms with van der Waals surface area (Å²) in [4.78, 5) is 19.7. The Labute approximate surface area is 165 Å². The van der Waals surface area contributed by atoms with Crippen molar-refractivity contribution in [3.63, 3.8) is 0 Å². The van der Waals surface area contributed by atoms with Crippen molar-refractivity contribution in [3.05, 3.63) is 40.6 Å². The van der Waals surface area contributed by atoms with Crippen LogP contribution < -0.4 is 5.32 Å². The molecule has 0 spiro atoms. The minimum atomic E-state index is -0.287. The quantitative estimate of drug-likeness (QED) is 0.667. The van der Waals surface area contributed by atoms with Crippen molar-refractivity contribution >= 4 is 38.8 Å². The molecule has 1 aromatic carbocycles. The summed E-state index contributed by atoms with van der Waals surface area (Å²) in [6.45, 7) is 4.99. The summed E-state index contributed by atoms with van der Waals surface area (Å²) in [7, 11) is 1.78. The number of carbonyl (C=O) groups is 1. The number of aryl methyl sites for hydroxylation is 1. The van der Waals surface area contributed by atoms with Crippen molar-refractivity contribution < 1.29 is 9.53 Å². The second kappa shape index (κ2) is 7.79. The highest BCUT2D eigenvalue weighted by atomic mass is 79.9. The van der Waals surface area contributed by atoms with Crippen molar-refractivity contribution in [2.75, 3.05) is 38.2 Å². The van der Waals surface area contributed by atoms with Crippen molar-refractivity contribution in [3.8, 4) is 0 Å². The number of halogens is 1. The second-order valence-electron chi connectivity index (χ2n) is 6.48. The molecule has 4 rings (SSSR count). The van der Waals surface area contributed by atoms with Crippen LogP contribution >= 0.6 is 15.9 Å². The van der Waals surface area contributed by atoms with Crippen molar-refractivity contribution in [2.45, 2.75) is 6.54 Å². The van der Waals surface area contributed by atoms with E-state index >= 15 is 0 Å². The lowest BCUT2D eigenvalue weighted by Gasteiger charge is -2.26. The van der Waals surface area contributed by atoms with Crippen molar-refractivity contribution in [1.29, 1.82) is 0 Å². The lowest BCUT2D eigenvalue weighted by molar-refractivity contribution is 0.0366. The molecule has 0 saturated carbocycles. The van der Waals surface area contributed by atoms with Crippen LogP contribution in [0.3, 0.4) is 0 Å². The minimum Gasteiger partial charge on any atom is -0.379 e. The number of aromatic nitrogens is 4. The van der Waals surface area contributed by atoms with E-state index in [9.17, 15) is 4.79 Å². The number of para-hydroxylation sites is 2. The highest BCUT2D eigenvalue weighted by molar-refractivity contribution is 9.10. The number of anilines is 1. The van der Waals surface area contributed by atoms with Crippen LogP contribution in [0.2, 0.25) is 0 Å². The van der Waals surface area contributed by atoms with Crippen LogP contribution in [-0.2, 0) is 18.3 Å². The van der Waals surface area contributed by atoms with Crippen LogP contribution in [0.5, 0.6) is 0 Å². The first-order valence-corrected chi connectivity index (χ1v) is 9.67. The predicted octanol–water partition coefficient (Wildman–Crippen LogP) is 2.12. The molecule has 0 radical (unpaired) electrons. The van der Waals surface area contributed by atoms with Gasteiger partial charge in [0.2, 0.25) is 5.95 Å². The molecule has 142 valence electrons. The molecule has 27 heavy (non-hydrogen) atoms. The number of hydrogen-bond acceptors (Lipinski definition) is 5. The number of morpholine rings is 1. The Hall–Kier alpha value is -2.23. The zero-order chi connectivity index (χ0) is 18.8. The van der Waals surface area contributed by atoms with Crippen LogP contribution in [0, 0.1) is 0 Å². The Kier molecular flexibility index (Phi) is 5.24. The summed E-state index contributed by atoms with van der Waals surface area (Å²) in [6.07, 6.45) is 1.75. The van der Waals surface area contributed by atoms with E-state index < -0.39 is 0 Å². The molecular weight excluding hydrogens is 412 g/mol. The van der Waals surface area contributed by atoms with Gasteiger partial charge in [0.1, 0.15) is 0 Å². The van der Waals surface area contributed by atoms with Crippen LogP contribution in [0.4, 0.5) is 5.95 Å². The summed E-state index contributed by atoms with van der Waals surface area (Å²) in [6, 6.07) is 7.90. The summed E-state index contributed by atoms with van der Waals surface area (Å²) in [5.41, 5.74) is 2.19. The molecule has 1 saturated heterocycles. The fourth-order valence-electron chi connectivity index (χ4n) is 3.24. The SMILES string of the molecule is Cn1cc(Br)c(C(=O)Nc2nc3ccccc3n2CCN2CCOCC2)n1. The number of nitrogens with one attached hydrogen (secondary N) is 1. The third-order valence-corrected chi connectivity index (χ3v) is 5.20. The molecule has 1 aliphatic rings. The number of ether oxygens (including phenoxy) is 1. The number of rotatable bonds is 5. The third-order valence-electron chi connectivity index (χ3n) is 4.62. The maximum atomic E-state index is 12.7. The van der Waals surface area contributed by atoms with Gasteiger partial charge in [-0.3, -0.25) is 19.7 Å². The molecule has 1 fully saturated rings. The topological polar surface area (TPSA) is 77.2 Å². The van der Waals surface area contributed by atoms with E-state index in [1.807, 2.05) is 24.3 Å². The standard InChI is InChI=1S/C18H21BrN6O2/c1-23-12-13(19)16(22-23)17(26)21-18-20-14-4-2-3-5-15(14)25(18)7-6-24-8-10-27-11-9-24/h2-5,12H,6-11H2,1H3,(H,20,21,26). The van der Waals surface area contributed by atoms with Gasteiger partial charge >= 0.3 is 0 Å². The number of carbonyl (C=O) groups excluding carboxylic acids is 1. The Balaban J connectivity index is 1.59. The third kappa shape index (κ3) is 3.90. The monoisotopic (exact) mass is 432 g/mol. The van der Waals surface area contributed by atoms with Gasteiger partial charge in [0.25, 0.3) is 5.91 Å². The zero-order valence-corrected chi connectivity index (χ0v) is 16.6. The maximum absolute atomic E-state index is 12.7. The Morgan fingerprint density at radius 3 is 2.78 bits per heavy atom. The molecule has 0 unspecified atom stereocenters. The van der Waals surface area contributed by atoms with Crippen LogP contribution in [0.25, 0.3) is 11.0 Å². The summed E-state index contributed by atoms with van der Waals surface area (Å²) < 4.78 is 9.72. The fraction of sp³-hybridized carbons (Fsp3) is 0.389. The predicted molar refractivity (Wildman–Crippen MR) is 106 cm³/mol. The first kappa shape index (κ1) is 18.1. The van der Waals surface area contributed by atoms with E-state index in [2.05, 4.69) is 40.8 Å². The lowest BCUT2D eigenvalue weighted by atomic mass is 10.3. The second-order valence-corrected chi connectivity index (χ2v) is 7.34. The first-order valence-electron chi connectivity index (χ1n) is 8.87. The highest BCUT2D eigenvalue weighted by Gasteiger charge is 2.19. The number of hydrogen-bond donors (Lipinski definition) is 1. The molecule has 0 aliphatic carbocycles. The number of benzene rings is 1. The van der Waals surface area contributed by atoms with Gasteiger partial charge in [-0.05, 0) is 28.1 Å². The van der Waals surface area contributed by atoms with Crippen LogP contribution in [-0.4, -0.2) is 63.0 Å². The molecule has 9 heteroatoms. The smallest absolute Gasteiger partial charge is 0.279 e. The summed E-state index contributed by atoms with van der Waals surface area (Å²) in [5, 5.41) is 7.13. The molecule has 0 atom stereocenters. The van der Waals surface area contributed by atoms with Crippen molar-refractivity contribution in [1.82, 2.24) is 24.2 Å². The lowest BCUT2D eigenvalue weighted by Crippen LogP contribution is -2.38. The van der Waals surface area contributed by atoms with Gasteiger partial charge in [0, 0.05) is 39.4 Å². The zero-order valence-electron chi connectivity index (χ0n) is 15.1. The van der Waals surface area contributed by atoms with E-state index in [1.54, 1.807) is 17.9 Å². The van der Waals surface area contributed by atoms with Gasteiger partial charge in [-0.1, -0.05) is 12.1 Å². The van der Waals surface area contributed by atoms with E-state index in [-0.39, 0.29) is 5.91 Å². The number of amides is 1.